The van der Waals surface area contributed by atoms with E-state index in [0.29, 0.717) is 22.7 Å². The van der Waals surface area contributed by atoms with Gasteiger partial charge in [0.2, 0.25) is 15.9 Å². The molecule has 1 heterocycles. The molecule has 30 heavy (non-hydrogen) atoms. The van der Waals surface area contributed by atoms with Crippen molar-refractivity contribution in [1.82, 2.24) is 9.71 Å². The first-order valence-electron chi connectivity index (χ1n) is 9.41. The molecule has 2 N–H and O–H groups in total. The predicted octanol–water partition coefficient (Wildman–Crippen LogP) is 4.20. The second-order valence-electron chi connectivity index (χ2n) is 8.32. The summed E-state index contributed by atoms with van der Waals surface area (Å²) in [5, 5.41) is 2.58. The molecular formula is C21H24FN3O4S. The molecule has 160 valence electrons. The van der Waals surface area contributed by atoms with E-state index in [4.69, 9.17) is 4.42 Å². The van der Waals surface area contributed by atoms with Gasteiger partial charge in [0, 0.05) is 17.1 Å². The summed E-state index contributed by atoms with van der Waals surface area (Å²) in [5.41, 5.74) is 0.848. The number of amides is 1. The number of rotatable bonds is 5. The van der Waals surface area contributed by atoms with Gasteiger partial charge in [-0.1, -0.05) is 20.8 Å². The Morgan fingerprint density at radius 3 is 2.47 bits per heavy atom. The number of fused-ring (bicyclic) bond motifs is 1. The molecule has 0 saturated carbocycles. The molecule has 0 saturated heterocycles. The van der Waals surface area contributed by atoms with Crippen molar-refractivity contribution in [3.8, 4) is 0 Å². The highest BCUT2D eigenvalue weighted by molar-refractivity contribution is 7.89. The number of aromatic nitrogens is 1. The van der Waals surface area contributed by atoms with E-state index < -0.39 is 21.7 Å². The maximum atomic E-state index is 14.3. The van der Waals surface area contributed by atoms with Gasteiger partial charge in [0.05, 0.1) is 10.5 Å². The second-order valence-corrected chi connectivity index (χ2v) is 10.0. The fraction of sp³-hybridized carbons (Fsp3) is 0.333. The van der Waals surface area contributed by atoms with Crippen molar-refractivity contribution in [3.63, 3.8) is 0 Å². The average molecular weight is 434 g/mol. The van der Waals surface area contributed by atoms with Crippen molar-refractivity contribution < 1.29 is 22.0 Å². The number of carbonyl (C=O) groups excluding carboxylic acids is 1. The number of anilines is 1. The minimum Gasteiger partial charge on any atom is -0.440 e. The number of nitrogens with one attached hydrogen (secondary N) is 2. The van der Waals surface area contributed by atoms with Gasteiger partial charge in [-0.05, 0) is 50.2 Å². The van der Waals surface area contributed by atoms with Gasteiger partial charge in [-0.3, -0.25) is 4.79 Å². The van der Waals surface area contributed by atoms with Gasteiger partial charge in [0.15, 0.2) is 5.58 Å². The highest BCUT2D eigenvalue weighted by Gasteiger charge is 2.22. The number of carbonyl (C=O) groups is 1. The molecule has 2 aromatic carbocycles. The predicted molar refractivity (Wildman–Crippen MR) is 113 cm³/mol. The molecule has 0 radical (unpaired) electrons. The van der Waals surface area contributed by atoms with Crippen LogP contribution in [0.2, 0.25) is 0 Å². The number of oxazole rings is 1. The molecule has 0 aliphatic carbocycles. The Hall–Kier alpha value is -2.78. The van der Waals surface area contributed by atoms with E-state index in [9.17, 15) is 17.6 Å². The fourth-order valence-corrected chi connectivity index (χ4v) is 4.03. The molecule has 9 heteroatoms. The molecule has 3 rings (SSSR count). The van der Waals surface area contributed by atoms with Gasteiger partial charge in [-0.25, -0.2) is 22.5 Å². The number of hydrogen-bond acceptors (Lipinski definition) is 5. The first-order valence-corrected chi connectivity index (χ1v) is 10.9. The lowest BCUT2D eigenvalue weighted by Crippen LogP contribution is -2.30. The Morgan fingerprint density at radius 2 is 1.83 bits per heavy atom. The van der Waals surface area contributed by atoms with Gasteiger partial charge in [0.1, 0.15) is 11.3 Å². The molecule has 0 unspecified atom stereocenters. The normalized spacial score (nSPS) is 12.5. The number of sulfonamides is 1. The first kappa shape index (κ1) is 21.9. The Labute approximate surface area is 174 Å². The molecule has 0 spiro atoms. The van der Waals surface area contributed by atoms with Crippen LogP contribution in [0.1, 0.15) is 50.9 Å². The highest BCUT2D eigenvalue weighted by Crippen LogP contribution is 2.27. The summed E-state index contributed by atoms with van der Waals surface area (Å²) in [6, 6.07) is 7.64. The molecule has 0 atom stereocenters. The molecule has 0 aliphatic heterocycles. The van der Waals surface area contributed by atoms with Crippen LogP contribution < -0.4 is 10.0 Å². The van der Waals surface area contributed by atoms with Crippen LogP contribution >= 0.6 is 0 Å². The molecule has 3 aromatic rings. The summed E-state index contributed by atoms with van der Waals surface area (Å²) < 4.78 is 47.1. The van der Waals surface area contributed by atoms with Crippen molar-refractivity contribution in [2.75, 3.05) is 5.32 Å². The minimum absolute atomic E-state index is 0.190. The Bertz CT molecular complexity index is 1210. The van der Waals surface area contributed by atoms with Gasteiger partial charge in [-0.15, -0.1) is 0 Å². The molecule has 0 fully saturated rings. The maximum absolute atomic E-state index is 14.3. The number of nitrogens with zero attached hydrogens (tertiary/aromatic N) is 1. The molecule has 0 bridgehead atoms. The largest absolute Gasteiger partial charge is 0.440 e. The first-order chi connectivity index (χ1) is 13.9. The third kappa shape index (κ3) is 4.68. The van der Waals surface area contributed by atoms with Gasteiger partial charge >= 0.3 is 0 Å². The topological polar surface area (TPSA) is 101 Å². The summed E-state index contributed by atoms with van der Waals surface area (Å²) >= 11 is 0. The van der Waals surface area contributed by atoms with Crippen LogP contribution in [-0.2, 0) is 15.4 Å². The van der Waals surface area contributed by atoms with Crippen LogP contribution in [0.3, 0.4) is 0 Å². The van der Waals surface area contributed by atoms with Crippen molar-refractivity contribution in [1.29, 1.82) is 0 Å². The second kappa shape index (κ2) is 7.81. The van der Waals surface area contributed by atoms with Crippen molar-refractivity contribution in [2.45, 2.75) is 51.0 Å². The monoisotopic (exact) mass is 433 g/mol. The number of halogens is 1. The van der Waals surface area contributed by atoms with E-state index in [1.165, 1.54) is 0 Å². The van der Waals surface area contributed by atoms with Crippen LogP contribution in [0, 0.1) is 5.82 Å². The number of hydrogen-bond donors (Lipinski definition) is 2. The Morgan fingerprint density at radius 1 is 1.13 bits per heavy atom. The van der Waals surface area contributed by atoms with Gasteiger partial charge < -0.3 is 9.73 Å². The summed E-state index contributed by atoms with van der Waals surface area (Å²) in [4.78, 5) is 16.9. The Kier molecular flexibility index (Phi) is 5.70. The number of benzene rings is 2. The highest BCUT2D eigenvalue weighted by atomic mass is 32.2. The summed E-state index contributed by atoms with van der Waals surface area (Å²) in [6.07, 6.45) is 0. The van der Waals surface area contributed by atoms with Crippen molar-refractivity contribution >= 4 is 32.7 Å². The summed E-state index contributed by atoms with van der Waals surface area (Å²) in [6.45, 7) is 9.24. The van der Waals surface area contributed by atoms with Crippen LogP contribution in [0.5, 0.6) is 0 Å². The maximum Gasteiger partial charge on any atom is 0.258 e. The van der Waals surface area contributed by atoms with E-state index in [0.717, 1.165) is 18.2 Å². The van der Waals surface area contributed by atoms with Gasteiger partial charge in [0.25, 0.3) is 5.91 Å². The zero-order valence-corrected chi connectivity index (χ0v) is 18.2. The summed E-state index contributed by atoms with van der Waals surface area (Å²) in [5.74, 6) is -1.04. The molecule has 7 nitrogen and oxygen atoms in total. The van der Waals surface area contributed by atoms with Gasteiger partial charge in [-0.2, -0.15) is 0 Å². The van der Waals surface area contributed by atoms with Crippen LogP contribution in [0.4, 0.5) is 10.1 Å². The molecule has 0 aliphatic rings. The van der Waals surface area contributed by atoms with E-state index in [2.05, 4.69) is 15.0 Å². The third-order valence-corrected chi connectivity index (χ3v) is 5.83. The smallest absolute Gasteiger partial charge is 0.258 e. The van der Waals surface area contributed by atoms with Crippen molar-refractivity contribution in [2.24, 2.45) is 0 Å². The molecular weight excluding hydrogens is 409 g/mol. The SMILES string of the molecule is CC(C)NS(=O)(=O)c1ccc(F)c(C(=O)Nc2ccc3oc(C(C)(C)C)nc3c2)c1. The van der Waals surface area contributed by atoms with E-state index in [1.807, 2.05) is 20.8 Å². The fourth-order valence-electron chi connectivity index (χ4n) is 2.75. The quantitative estimate of drug-likeness (QED) is 0.628. The Balaban J connectivity index is 1.89. The van der Waals surface area contributed by atoms with E-state index >= 15 is 0 Å². The standard InChI is InChI=1S/C21H24FN3O4S/c1-12(2)25-30(27,28)14-7-8-16(22)15(11-14)19(26)23-13-6-9-18-17(10-13)24-20(29-18)21(3,4)5/h6-12,25H,1-5H3,(H,23,26). The lowest BCUT2D eigenvalue weighted by atomic mass is 9.97. The van der Waals surface area contributed by atoms with E-state index in [-0.39, 0.29) is 21.9 Å². The zero-order chi connectivity index (χ0) is 22.3. The third-order valence-electron chi connectivity index (χ3n) is 4.17. The molecule has 1 aromatic heterocycles. The lowest BCUT2D eigenvalue weighted by molar-refractivity contribution is 0.102. The minimum atomic E-state index is -3.86. The average Bonchev–Trinajstić information content (AvgIpc) is 3.04. The summed E-state index contributed by atoms with van der Waals surface area (Å²) in [7, 11) is -3.86. The van der Waals surface area contributed by atoms with Crippen LogP contribution in [0.25, 0.3) is 11.1 Å². The van der Waals surface area contributed by atoms with Crippen LogP contribution in [0.15, 0.2) is 45.7 Å². The zero-order valence-electron chi connectivity index (χ0n) is 17.4. The van der Waals surface area contributed by atoms with Crippen LogP contribution in [-0.4, -0.2) is 25.4 Å². The molecule has 1 amide bonds. The lowest BCUT2D eigenvalue weighted by Gasteiger charge is -2.11. The van der Waals surface area contributed by atoms with E-state index in [1.54, 1.807) is 32.0 Å². The van der Waals surface area contributed by atoms with Crippen molar-refractivity contribution in [3.05, 3.63) is 53.7 Å².